The van der Waals surface area contributed by atoms with Gasteiger partial charge in [-0.05, 0) is 31.9 Å². The highest BCUT2D eigenvalue weighted by Crippen LogP contribution is 2.35. The van der Waals surface area contributed by atoms with Crippen LogP contribution in [0.25, 0.3) is 21.1 Å². The highest BCUT2D eigenvalue weighted by atomic mass is 32.1. The number of thiazole rings is 2. The molecule has 1 fully saturated rings. The van der Waals surface area contributed by atoms with Crippen molar-refractivity contribution in [2.75, 3.05) is 11.9 Å². The van der Waals surface area contributed by atoms with Gasteiger partial charge >= 0.3 is 6.03 Å². The van der Waals surface area contributed by atoms with Crippen molar-refractivity contribution in [1.82, 2.24) is 19.9 Å². The molecule has 3 N–H and O–H groups in total. The number of aromatic nitrogens is 3. The number of amides is 3. The molecule has 1 aliphatic heterocycles. The second-order valence-corrected chi connectivity index (χ2v) is 8.25. The quantitative estimate of drug-likeness (QED) is 0.681. The fourth-order valence-corrected chi connectivity index (χ4v) is 4.95. The third-order valence-corrected chi connectivity index (χ3v) is 6.48. The summed E-state index contributed by atoms with van der Waals surface area (Å²) in [6, 6.07) is 2.93. The monoisotopic (exact) mass is 414 g/mol. The van der Waals surface area contributed by atoms with Gasteiger partial charge in [-0.15, -0.1) is 11.3 Å². The van der Waals surface area contributed by atoms with Crippen LogP contribution in [0.2, 0.25) is 0 Å². The van der Waals surface area contributed by atoms with Crippen molar-refractivity contribution >= 4 is 39.7 Å². The molecule has 8 nitrogen and oxygen atoms in total. The van der Waals surface area contributed by atoms with Crippen molar-refractivity contribution in [3.05, 3.63) is 35.6 Å². The zero-order valence-corrected chi connectivity index (χ0v) is 16.7. The molecule has 3 amide bonds. The number of anilines is 1. The predicted molar refractivity (Wildman–Crippen MR) is 109 cm³/mol. The van der Waals surface area contributed by atoms with Gasteiger partial charge in [0.15, 0.2) is 5.13 Å². The molecule has 4 heterocycles. The Labute approximate surface area is 169 Å². The molecular weight excluding hydrogens is 396 g/mol. The number of nitrogens with zero attached hydrogens (tertiary/aromatic N) is 4. The second-order valence-electron chi connectivity index (χ2n) is 6.40. The Morgan fingerprint density at radius 2 is 2.21 bits per heavy atom. The third-order valence-electron chi connectivity index (χ3n) is 4.50. The normalized spacial score (nSPS) is 16.3. The van der Waals surface area contributed by atoms with Crippen LogP contribution in [0.5, 0.6) is 0 Å². The molecule has 0 radical (unpaired) electrons. The van der Waals surface area contributed by atoms with Gasteiger partial charge < -0.3 is 10.6 Å². The van der Waals surface area contributed by atoms with E-state index < -0.39 is 11.9 Å². The molecule has 1 atom stereocenters. The fraction of sp³-hybridized carbons (Fsp3) is 0.278. The van der Waals surface area contributed by atoms with Crippen LogP contribution in [0.15, 0.2) is 29.9 Å². The molecule has 0 spiro atoms. The van der Waals surface area contributed by atoms with E-state index in [0.29, 0.717) is 18.1 Å². The Morgan fingerprint density at radius 3 is 2.96 bits per heavy atom. The van der Waals surface area contributed by atoms with Crippen molar-refractivity contribution in [2.45, 2.75) is 25.8 Å². The Kier molecular flexibility index (Phi) is 5.05. The molecular formula is C18H18N6O2S2. The van der Waals surface area contributed by atoms with Gasteiger partial charge in [0.2, 0.25) is 5.91 Å². The maximum absolute atomic E-state index is 12.5. The van der Waals surface area contributed by atoms with Gasteiger partial charge in [0, 0.05) is 29.9 Å². The van der Waals surface area contributed by atoms with Gasteiger partial charge in [-0.1, -0.05) is 11.3 Å². The first-order valence-electron chi connectivity index (χ1n) is 8.73. The Morgan fingerprint density at radius 1 is 1.36 bits per heavy atom. The van der Waals surface area contributed by atoms with Crippen LogP contribution in [0, 0.1) is 6.92 Å². The fourth-order valence-electron chi connectivity index (χ4n) is 3.16. The summed E-state index contributed by atoms with van der Waals surface area (Å²) < 4.78 is 0. The SMILES string of the molecule is Cc1nc(NC(=O)N2CCCC2C(N)=O)sc1-c1csc(-c2cccnc2)n1. The van der Waals surface area contributed by atoms with Gasteiger partial charge in [0.05, 0.1) is 16.3 Å². The number of carbonyl (C=O) groups excluding carboxylic acids is 2. The van der Waals surface area contributed by atoms with E-state index in [9.17, 15) is 9.59 Å². The van der Waals surface area contributed by atoms with E-state index >= 15 is 0 Å². The molecule has 1 unspecified atom stereocenters. The van der Waals surface area contributed by atoms with Crippen molar-refractivity contribution in [1.29, 1.82) is 0 Å². The number of hydrogen-bond donors (Lipinski definition) is 2. The van der Waals surface area contributed by atoms with Gasteiger partial charge in [-0.3, -0.25) is 15.1 Å². The van der Waals surface area contributed by atoms with Crippen molar-refractivity contribution < 1.29 is 9.59 Å². The lowest BCUT2D eigenvalue weighted by atomic mass is 10.2. The molecule has 144 valence electrons. The predicted octanol–water partition coefficient (Wildman–Crippen LogP) is 3.12. The number of pyridine rings is 1. The molecule has 28 heavy (non-hydrogen) atoms. The minimum absolute atomic E-state index is 0.351. The number of rotatable bonds is 4. The van der Waals surface area contributed by atoms with Gasteiger partial charge in [-0.25, -0.2) is 14.8 Å². The summed E-state index contributed by atoms with van der Waals surface area (Å²) >= 11 is 2.89. The van der Waals surface area contributed by atoms with Crippen LogP contribution in [-0.2, 0) is 4.79 Å². The van der Waals surface area contributed by atoms with E-state index in [1.54, 1.807) is 12.4 Å². The summed E-state index contributed by atoms with van der Waals surface area (Å²) in [5, 5.41) is 6.11. The Hall–Kier alpha value is -2.85. The molecule has 0 bridgehead atoms. The molecule has 1 aliphatic rings. The summed E-state index contributed by atoms with van der Waals surface area (Å²) in [5.41, 5.74) is 7.95. The number of aryl methyl sites for hydroxylation is 1. The molecule has 3 aromatic rings. The first-order valence-corrected chi connectivity index (χ1v) is 10.4. The van der Waals surface area contributed by atoms with Crippen LogP contribution < -0.4 is 11.1 Å². The first kappa shape index (κ1) is 18.5. The first-order chi connectivity index (χ1) is 13.5. The smallest absolute Gasteiger partial charge is 0.324 e. The number of likely N-dealkylation sites (tertiary alicyclic amines) is 1. The lowest BCUT2D eigenvalue weighted by Crippen LogP contribution is -2.45. The topological polar surface area (TPSA) is 114 Å². The average molecular weight is 415 g/mol. The van der Waals surface area contributed by atoms with Gasteiger partial charge in [-0.2, -0.15) is 0 Å². The van der Waals surface area contributed by atoms with Crippen molar-refractivity contribution in [3.63, 3.8) is 0 Å². The van der Waals surface area contributed by atoms with E-state index in [0.717, 1.165) is 33.3 Å². The lowest BCUT2D eigenvalue weighted by Gasteiger charge is -2.21. The number of urea groups is 1. The maximum Gasteiger partial charge on any atom is 0.324 e. The zero-order chi connectivity index (χ0) is 19.7. The molecule has 0 aromatic carbocycles. The molecule has 0 aliphatic carbocycles. The lowest BCUT2D eigenvalue weighted by molar-refractivity contribution is -0.121. The number of primary amides is 1. The van der Waals surface area contributed by atoms with Crippen LogP contribution in [0.3, 0.4) is 0 Å². The van der Waals surface area contributed by atoms with E-state index in [2.05, 4.69) is 20.3 Å². The summed E-state index contributed by atoms with van der Waals surface area (Å²) in [4.78, 5) is 39.7. The van der Waals surface area contributed by atoms with Gasteiger partial charge in [0.1, 0.15) is 11.0 Å². The highest BCUT2D eigenvalue weighted by Gasteiger charge is 2.33. The summed E-state index contributed by atoms with van der Waals surface area (Å²) in [5.74, 6) is -0.478. The molecule has 0 saturated carbocycles. The minimum atomic E-state index is -0.555. The second kappa shape index (κ2) is 7.64. The van der Waals surface area contributed by atoms with E-state index in [1.165, 1.54) is 27.6 Å². The third kappa shape index (κ3) is 3.60. The molecule has 4 rings (SSSR count). The van der Waals surface area contributed by atoms with Crippen molar-refractivity contribution in [3.8, 4) is 21.1 Å². The van der Waals surface area contributed by atoms with E-state index in [-0.39, 0.29) is 6.03 Å². The van der Waals surface area contributed by atoms with Crippen molar-refractivity contribution in [2.24, 2.45) is 5.73 Å². The number of hydrogen-bond acceptors (Lipinski definition) is 7. The van der Waals surface area contributed by atoms with Gasteiger partial charge in [0.25, 0.3) is 0 Å². The Bertz CT molecular complexity index is 1020. The largest absolute Gasteiger partial charge is 0.368 e. The van der Waals surface area contributed by atoms with Crippen LogP contribution in [0.4, 0.5) is 9.93 Å². The summed E-state index contributed by atoms with van der Waals surface area (Å²) in [7, 11) is 0. The highest BCUT2D eigenvalue weighted by molar-refractivity contribution is 7.19. The zero-order valence-electron chi connectivity index (χ0n) is 15.1. The summed E-state index contributed by atoms with van der Waals surface area (Å²) in [6.45, 7) is 2.39. The van der Waals surface area contributed by atoms with E-state index in [1.807, 2.05) is 24.4 Å². The van der Waals surface area contributed by atoms with Crippen LogP contribution >= 0.6 is 22.7 Å². The maximum atomic E-state index is 12.5. The standard InChI is InChI=1S/C18H18N6O2S2/c1-10-14(12-9-27-16(22-12)11-4-2-6-20-8-11)28-17(21-10)23-18(26)24-7-3-5-13(24)15(19)25/h2,4,6,8-9,13H,3,5,7H2,1H3,(H2,19,25)(H,21,23,26). The number of carbonyl (C=O) groups is 2. The molecule has 1 saturated heterocycles. The average Bonchev–Trinajstić information content (AvgIpc) is 3.41. The van der Waals surface area contributed by atoms with Crippen LogP contribution in [-0.4, -0.2) is 44.4 Å². The Balaban J connectivity index is 1.52. The molecule has 10 heteroatoms. The minimum Gasteiger partial charge on any atom is -0.368 e. The van der Waals surface area contributed by atoms with E-state index in [4.69, 9.17) is 5.73 Å². The molecule has 3 aromatic heterocycles. The number of nitrogens with one attached hydrogen (secondary N) is 1. The summed E-state index contributed by atoms with van der Waals surface area (Å²) in [6.07, 6.45) is 4.86. The van der Waals surface area contributed by atoms with Crippen LogP contribution in [0.1, 0.15) is 18.5 Å². The number of nitrogens with two attached hydrogens (primary N) is 1.